The van der Waals surface area contributed by atoms with E-state index in [1.807, 2.05) is 0 Å². The number of aryl methyl sites for hydroxylation is 1. The monoisotopic (exact) mass is 267 g/mol. The highest BCUT2D eigenvalue weighted by atomic mass is 16.3. The van der Waals surface area contributed by atoms with Gasteiger partial charge in [0, 0.05) is 19.0 Å². The number of nitrogens with zero attached hydrogens (tertiary/aromatic N) is 2. The second-order valence-electron chi connectivity index (χ2n) is 5.11. The Bertz CT molecular complexity index is 383. The number of hydrazine groups is 1. The van der Waals surface area contributed by atoms with Crippen LogP contribution in [0.25, 0.3) is 0 Å². The van der Waals surface area contributed by atoms with Crippen molar-refractivity contribution in [2.45, 2.75) is 46.1 Å². The van der Waals surface area contributed by atoms with Crippen molar-refractivity contribution in [1.82, 2.24) is 9.97 Å². The zero-order valence-corrected chi connectivity index (χ0v) is 12.0. The molecule has 0 saturated heterocycles. The van der Waals surface area contributed by atoms with Crippen LogP contribution in [0.3, 0.4) is 0 Å². The van der Waals surface area contributed by atoms with Gasteiger partial charge in [-0.3, -0.25) is 0 Å². The molecule has 0 amide bonds. The molecule has 1 heterocycles. The standard InChI is InChI=1S/C13H25N5O/c1-4-5-11-16-12(7-13(17-11)18-14)15-8-10(19)6-9(2)3/h7,9-10,19H,4-6,8,14H2,1-3H3,(H2,15,16,17,18). The van der Waals surface area contributed by atoms with Crippen molar-refractivity contribution in [3.63, 3.8) is 0 Å². The van der Waals surface area contributed by atoms with Gasteiger partial charge in [-0.25, -0.2) is 15.8 Å². The number of hydrogen-bond acceptors (Lipinski definition) is 6. The third-order valence-corrected chi connectivity index (χ3v) is 2.66. The average molecular weight is 267 g/mol. The van der Waals surface area contributed by atoms with Gasteiger partial charge >= 0.3 is 0 Å². The van der Waals surface area contributed by atoms with E-state index in [2.05, 4.69) is 41.5 Å². The number of anilines is 2. The Balaban J connectivity index is 2.63. The number of nitrogen functional groups attached to an aromatic ring is 1. The van der Waals surface area contributed by atoms with Gasteiger partial charge < -0.3 is 15.8 Å². The van der Waals surface area contributed by atoms with Crippen LogP contribution in [-0.4, -0.2) is 27.7 Å². The summed E-state index contributed by atoms with van der Waals surface area (Å²) in [5.74, 6) is 7.88. The molecule has 19 heavy (non-hydrogen) atoms. The Kier molecular flexibility index (Phi) is 6.52. The summed E-state index contributed by atoms with van der Waals surface area (Å²) in [6, 6.07) is 1.74. The number of nitrogens with one attached hydrogen (secondary N) is 2. The average Bonchev–Trinajstić information content (AvgIpc) is 2.35. The molecule has 0 aliphatic heterocycles. The quantitative estimate of drug-likeness (QED) is 0.421. The van der Waals surface area contributed by atoms with E-state index in [-0.39, 0.29) is 6.10 Å². The van der Waals surface area contributed by atoms with Gasteiger partial charge in [-0.2, -0.15) is 0 Å². The van der Waals surface area contributed by atoms with Crippen molar-refractivity contribution >= 4 is 11.6 Å². The lowest BCUT2D eigenvalue weighted by molar-refractivity contribution is 0.161. The van der Waals surface area contributed by atoms with E-state index in [0.29, 0.717) is 24.1 Å². The van der Waals surface area contributed by atoms with Crippen LogP contribution in [0.2, 0.25) is 0 Å². The van der Waals surface area contributed by atoms with Crippen molar-refractivity contribution in [3.8, 4) is 0 Å². The zero-order chi connectivity index (χ0) is 14.3. The summed E-state index contributed by atoms with van der Waals surface area (Å²) < 4.78 is 0. The highest BCUT2D eigenvalue weighted by molar-refractivity contribution is 5.46. The zero-order valence-electron chi connectivity index (χ0n) is 12.0. The third kappa shape index (κ3) is 5.85. The molecule has 1 unspecified atom stereocenters. The summed E-state index contributed by atoms with van der Waals surface area (Å²) in [6.45, 7) is 6.73. The molecule has 1 atom stereocenters. The lowest BCUT2D eigenvalue weighted by Crippen LogP contribution is -2.22. The van der Waals surface area contributed by atoms with Crippen LogP contribution in [-0.2, 0) is 6.42 Å². The SMILES string of the molecule is CCCc1nc(NN)cc(NCC(O)CC(C)C)n1. The highest BCUT2D eigenvalue weighted by Crippen LogP contribution is 2.12. The largest absolute Gasteiger partial charge is 0.391 e. The van der Waals surface area contributed by atoms with Crippen LogP contribution >= 0.6 is 0 Å². The van der Waals surface area contributed by atoms with E-state index in [1.165, 1.54) is 0 Å². The number of nitrogens with two attached hydrogens (primary N) is 1. The molecule has 0 saturated carbocycles. The maximum Gasteiger partial charge on any atom is 0.145 e. The summed E-state index contributed by atoms with van der Waals surface area (Å²) in [5, 5.41) is 13.0. The second-order valence-corrected chi connectivity index (χ2v) is 5.11. The molecule has 108 valence electrons. The summed E-state index contributed by atoms with van der Waals surface area (Å²) >= 11 is 0. The molecule has 0 spiro atoms. The maximum absolute atomic E-state index is 9.83. The van der Waals surface area contributed by atoms with E-state index < -0.39 is 0 Å². The van der Waals surface area contributed by atoms with E-state index in [9.17, 15) is 5.11 Å². The van der Waals surface area contributed by atoms with Gasteiger partial charge in [0.25, 0.3) is 0 Å². The van der Waals surface area contributed by atoms with Gasteiger partial charge in [-0.1, -0.05) is 20.8 Å². The summed E-state index contributed by atoms with van der Waals surface area (Å²) in [4.78, 5) is 8.66. The van der Waals surface area contributed by atoms with Crippen LogP contribution in [0.1, 0.15) is 39.4 Å². The third-order valence-electron chi connectivity index (χ3n) is 2.66. The molecule has 1 aromatic heterocycles. The summed E-state index contributed by atoms with van der Waals surface area (Å²) in [7, 11) is 0. The number of aliphatic hydroxyl groups is 1. The Morgan fingerprint density at radius 3 is 2.58 bits per heavy atom. The first-order valence-corrected chi connectivity index (χ1v) is 6.81. The molecule has 0 fully saturated rings. The van der Waals surface area contributed by atoms with Gasteiger partial charge in [0.15, 0.2) is 0 Å². The molecular formula is C13H25N5O. The summed E-state index contributed by atoms with van der Waals surface area (Å²) in [6.07, 6.45) is 2.17. The Labute approximate surface area is 114 Å². The first kappa shape index (κ1) is 15.7. The molecule has 5 N–H and O–H groups in total. The van der Waals surface area contributed by atoms with Gasteiger partial charge in [-0.15, -0.1) is 0 Å². The topological polar surface area (TPSA) is 96.1 Å². The maximum atomic E-state index is 9.83. The minimum atomic E-state index is -0.376. The lowest BCUT2D eigenvalue weighted by atomic mass is 10.1. The fourth-order valence-electron chi connectivity index (χ4n) is 1.85. The van der Waals surface area contributed by atoms with Crippen molar-refractivity contribution < 1.29 is 5.11 Å². The van der Waals surface area contributed by atoms with Crippen LogP contribution in [0.5, 0.6) is 0 Å². The van der Waals surface area contributed by atoms with Gasteiger partial charge in [0.1, 0.15) is 17.5 Å². The number of aromatic nitrogens is 2. The molecular weight excluding hydrogens is 242 g/mol. The predicted molar refractivity (Wildman–Crippen MR) is 77.8 cm³/mol. The predicted octanol–water partition coefficient (Wildman–Crippen LogP) is 1.53. The van der Waals surface area contributed by atoms with Crippen LogP contribution in [0, 0.1) is 5.92 Å². The van der Waals surface area contributed by atoms with Gasteiger partial charge in [-0.05, 0) is 18.8 Å². The Hall–Kier alpha value is -1.40. The number of hydrogen-bond donors (Lipinski definition) is 4. The Morgan fingerprint density at radius 1 is 1.32 bits per heavy atom. The van der Waals surface area contributed by atoms with E-state index in [4.69, 9.17) is 5.84 Å². The number of rotatable bonds is 8. The van der Waals surface area contributed by atoms with Crippen LogP contribution in [0.4, 0.5) is 11.6 Å². The molecule has 0 aliphatic carbocycles. The van der Waals surface area contributed by atoms with Crippen LogP contribution in [0.15, 0.2) is 6.07 Å². The molecule has 0 aliphatic rings. The van der Waals surface area contributed by atoms with Gasteiger partial charge in [0.05, 0.1) is 6.10 Å². The Morgan fingerprint density at radius 2 is 2.00 bits per heavy atom. The molecule has 0 bridgehead atoms. The minimum Gasteiger partial charge on any atom is -0.391 e. The fraction of sp³-hybridized carbons (Fsp3) is 0.692. The van der Waals surface area contributed by atoms with Crippen molar-refractivity contribution in [1.29, 1.82) is 0 Å². The second kappa shape index (κ2) is 7.91. The van der Waals surface area contributed by atoms with E-state index >= 15 is 0 Å². The molecule has 6 heteroatoms. The molecule has 0 radical (unpaired) electrons. The minimum absolute atomic E-state index is 0.376. The van der Waals surface area contributed by atoms with E-state index in [0.717, 1.165) is 25.1 Å². The number of aliphatic hydroxyl groups excluding tert-OH is 1. The normalized spacial score (nSPS) is 12.5. The van der Waals surface area contributed by atoms with Crippen molar-refractivity contribution in [2.75, 3.05) is 17.3 Å². The summed E-state index contributed by atoms with van der Waals surface area (Å²) in [5.41, 5.74) is 2.53. The van der Waals surface area contributed by atoms with Crippen molar-refractivity contribution in [3.05, 3.63) is 11.9 Å². The lowest BCUT2D eigenvalue weighted by Gasteiger charge is -2.15. The first-order chi connectivity index (χ1) is 9.05. The highest BCUT2D eigenvalue weighted by Gasteiger charge is 2.08. The smallest absolute Gasteiger partial charge is 0.145 e. The molecule has 1 aromatic rings. The van der Waals surface area contributed by atoms with Gasteiger partial charge in [0.2, 0.25) is 0 Å². The molecule has 1 rings (SSSR count). The molecule has 6 nitrogen and oxygen atoms in total. The van der Waals surface area contributed by atoms with Crippen LogP contribution < -0.4 is 16.6 Å². The first-order valence-electron chi connectivity index (χ1n) is 6.81. The fourth-order valence-corrected chi connectivity index (χ4v) is 1.85. The van der Waals surface area contributed by atoms with E-state index in [1.54, 1.807) is 6.07 Å². The van der Waals surface area contributed by atoms with Crippen molar-refractivity contribution in [2.24, 2.45) is 11.8 Å². The molecule has 0 aromatic carbocycles.